The lowest BCUT2D eigenvalue weighted by molar-refractivity contribution is -0.117. The standard InChI is InChI=1S/C19H17BrClF2N5O/c20-13-7-24-27(9-13)8-11-2-1-3-14(6-11)25-15(29)10-28-18(12-4-5-12)16(21)17(26-28)19(22)23/h1-3,6-7,9,12,19H,4-5,8,10H2,(H,25,29). The maximum Gasteiger partial charge on any atom is 0.283 e. The summed E-state index contributed by atoms with van der Waals surface area (Å²) >= 11 is 9.45. The summed E-state index contributed by atoms with van der Waals surface area (Å²) in [5.41, 5.74) is 1.63. The number of nitrogens with zero attached hydrogens (tertiary/aromatic N) is 4. The minimum absolute atomic E-state index is 0.0253. The Labute approximate surface area is 179 Å². The van der Waals surface area contributed by atoms with Crippen molar-refractivity contribution in [2.75, 3.05) is 5.32 Å². The van der Waals surface area contributed by atoms with Crippen molar-refractivity contribution < 1.29 is 13.6 Å². The van der Waals surface area contributed by atoms with Crippen LogP contribution in [0.15, 0.2) is 41.1 Å². The number of hydrogen-bond donors (Lipinski definition) is 1. The highest BCUT2D eigenvalue weighted by Crippen LogP contribution is 2.45. The van der Waals surface area contributed by atoms with Crippen molar-refractivity contribution >= 4 is 39.1 Å². The molecule has 1 N–H and O–H groups in total. The van der Waals surface area contributed by atoms with Crippen LogP contribution < -0.4 is 5.32 Å². The molecule has 152 valence electrons. The molecule has 1 aliphatic rings. The summed E-state index contributed by atoms with van der Waals surface area (Å²) in [5.74, 6) is -0.266. The molecule has 10 heteroatoms. The summed E-state index contributed by atoms with van der Waals surface area (Å²) in [7, 11) is 0. The van der Waals surface area contributed by atoms with E-state index in [2.05, 4.69) is 31.4 Å². The van der Waals surface area contributed by atoms with E-state index in [1.807, 2.05) is 24.4 Å². The summed E-state index contributed by atoms with van der Waals surface area (Å²) in [6.07, 6.45) is 2.50. The van der Waals surface area contributed by atoms with Gasteiger partial charge in [0.2, 0.25) is 5.91 Å². The van der Waals surface area contributed by atoms with Crippen molar-refractivity contribution in [2.24, 2.45) is 0 Å². The van der Waals surface area contributed by atoms with Crippen LogP contribution in [0, 0.1) is 0 Å². The molecule has 1 aromatic carbocycles. The van der Waals surface area contributed by atoms with Crippen LogP contribution in [0.2, 0.25) is 5.02 Å². The van der Waals surface area contributed by atoms with Crippen LogP contribution in [0.4, 0.5) is 14.5 Å². The Bertz CT molecular complexity index is 1050. The molecule has 3 aromatic rings. The van der Waals surface area contributed by atoms with E-state index in [-0.39, 0.29) is 23.4 Å². The van der Waals surface area contributed by atoms with Crippen molar-refractivity contribution in [3.63, 3.8) is 0 Å². The van der Waals surface area contributed by atoms with E-state index in [1.165, 1.54) is 4.68 Å². The minimum atomic E-state index is -2.77. The SMILES string of the molecule is O=C(Cn1nc(C(F)F)c(Cl)c1C1CC1)Nc1cccc(Cn2cc(Br)cn2)c1. The third-order valence-corrected chi connectivity index (χ3v) is 5.37. The van der Waals surface area contributed by atoms with Gasteiger partial charge in [0.05, 0.1) is 27.9 Å². The number of benzene rings is 1. The first kappa shape index (κ1) is 20.0. The van der Waals surface area contributed by atoms with Gasteiger partial charge in [-0.2, -0.15) is 10.2 Å². The molecule has 0 aliphatic heterocycles. The first-order valence-electron chi connectivity index (χ1n) is 9.01. The Balaban J connectivity index is 1.46. The zero-order valence-electron chi connectivity index (χ0n) is 15.2. The fourth-order valence-electron chi connectivity index (χ4n) is 3.17. The van der Waals surface area contributed by atoms with Gasteiger partial charge in [-0.1, -0.05) is 23.7 Å². The summed E-state index contributed by atoms with van der Waals surface area (Å²) in [4.78, 5) is 12.5. The molecule has 29 heavy (non-hydrogen) atoms. The summed E-state index contributed by atoms with van der Waals surface area (Å²) in [5, 5.41) is 10.9. The van der Waals surface area contributed by atoms with Crippen molar-refractivity contribution in [2.45, 2.75) is 38.3 Å². The van der Waals surface area contributed by atoms with Crippen molar-refractivity contribution in [1.82, 2.24) is 19.6 Å². The molecule has 4 rings (SSSR count). The van der Waals surface area contributed by atoms with E-state index in [0.29, 0.717) is 17.9 Å². The number of aromatic nitrogens is 4. The van der Waals surface area contributed by atoms with Crippen LogP contribution in [-0.2, 0) is 17.9 Å². The van der Waals surface area contributed by atoms with Gasteiger partial charge in [-0.25, -0.2) is 8.78 Å². The molecule has 0 saturated heterocycles. The molecule has 1 saturated carbocycles. The Morgan fingerprint density at radius 3 is 2.83 bits per heavy atom. The Morgan fingerprint density at radius 2 is 2.17 bits per heavy atom. The van der Waals surface area contributed by atoms with E-state index in [4.69, 9.17) is 11.6 Å². The van der Waals surface area contributed by atoms with E-state index in [9.17, 15) is 13.6 Å². The second-order valence-electron chi connectivity index (χ2n) is 6.92. The van der Waals surface area contributed by atoms with Gasteiger partial charge >= 0.3 is 0 Å². The van der Waals surface area contributed by atoms with Gasteiger partial charge in [-0.15, -0.1) is 0 Å². The quantitative estimate of drug-likeness (QED) is 0.513. The fourth-order valence-corrected chi connectivity index (χ4v) is 3.87. The summed E-state index contributed by atoms with van der Waals surface area (Å²) < 4.78 is 30.2. The molecular formula is C19H17BrClF2N5O. The number of nitrogens with one attached hydrogen (secondary N) is 1. The fraction of sp³-hybridized carbons (Fsp3) is 0.316. The lowest BCUT2D eigenvalue weighted by atomic mass is 10.2. The Kier molecular flexibility index (Phi) is 5.69. The topological polar surface area (TPSA) is 64.7 Å². The van der Waals surface area contributed by atoms with E-state index in [0.717, 1.165) is 22.9 Å². The molecule has 1 fully saturated rings. The van der Waals surface area contributed by atoms with Crippen LogP contribution in [-0.4, -0.2) is 25.5 Å². The monoisotopic (exact) mass is 483 g/mol. The average molecular weight is 485 g/mol. The number of carbonyl (C=O) groups excluding carboxylic acids is 1. The molecule has 6 nitrogen and oxygen atoms in total. The second-order valence-corrected chi connectivity index (χ2v) is 8.22. The van der Waals surface area contributed by atoms with Crippen LogP contribution in [0.25, 0.3) is 0 Å². The van der Waals surface area contributed by atoms with Crippen LogP contribution in [0.1, 0.15) is 42.1 Å². The van der Waals surface area contributed by atoms with Gasteiger partial charge < -0.3 is 5.32 Å². The zero-order valence-corrected chi connectivity index (χ0v) is 17.5. The number of halogens is 4. The maximum atomic E-state index is 13.1. The minimum Gasteiger partial charge on any atom is -0.324 e. The van der Waals surface area contributed by atoms with Gasteiger partial charge in [-0.3, -0.25) is 14.2 Å². The molecule has 2 aromatic heterocycles. The normalized spacial score (nSPS) is 13.8. The van der Waals surface area contributed by atoms with Gasteiger partial charge in [0.1, 0.15) is 12.2 Å². The van der Waals surface area contributed by atoms with Crippen molar-refractivity contribution in [3.05, 3.63) is 63.1 Å². The molecule has 0 radical (unpaired) electrons. The average Bonchev–Trinajstić information content (AvgIpc) is 3.32. The lowest BCUT2D eigenvalue weighted by Crippen LogP contribution is -2.21. The van der Waals surface area contributed by atoms with Crippen LogP contribution in [0.5, 0.6) is 0 Å². The molecule has 0 spiro atoms. The zero-order chi connectivity index (χ0) is 20.5. The number of anilines is 1. The van der Waals surface area contributed by atoms with Gasteiger partial charge in [-0.05, 0) is 46.5 Å². The number of rotatable bonds is 7. The predicted octanol–water partition coefficient (Wildman–Crippen LogP) is 5.00. The largest absolute Gasteiger partial charge is 0.324 e. The number of carbonyl (C=O) groups is 1. The second kappa shape index (κ2) is 8.23. The number of hydrogen-bond acceptors (Lipinski definition) is 3. The highest BCUT2D eigenvalue weighted by Gasteiger charge is 2.34. The predicted molar refractivity (Wildman–Crippen MR) is 108 cm³/mol. The third kappa shape index (κ3) is 4.67. The third-order valence-electron chi connectivity index (χ3n) is 4.58. The summed E-state index contributed by atoms with van der Waals surface area (Å²) in [6.45, 7) is 0.377. The molecule has 0 atom stereocenters. The molecule has 0 unspecified atom stereocenters. The summed E-state index contributed by atoms with van der Waals surface area (Å²) in [6, 6.07) is 7.37. The van der Waals surface area contributed by atoms with Crippen LogP contribution in [0.3, 0.4) is 0 Å². The van der Waals surface area contributed by atoms with Gasteiger partial charge in [0.15, 0.2) is 0 Å². The molecule has 2 heterocycles. The lowest BCUT2D eigenvalue weighted by Gasteiger charge is -2.10. The Morgan fingerprint density at radius 1 is 1.38 bits per heavy atom. The molecular weight excluding hydrogens is 468 g/mol. The number of amides is 1. The first-order valence-corrected chi connectivity index (χ1v) is 10.2. The maximum absolute atomic E-state index is 13.1. The van der Waals surface area contributed by atoms with E-state index >= 15 is 0 Å². The van der Waals surface area contributed by atoms with Crippen molar-refractivity contribution in [3.8, 4) is 0 Å². The molecule has 1 aliphatic carbocycles. The van der Waals surface area contributed by atoms with E-state index in [1.54, 1.807) is 16.9 Å². The van der Waals surface area contributed by atoms with Crippen molar-refractivity contribution in [1.29, 1.82) is 0 Å². The van der Waals surface area contributed by atoms with Gasteiger partial charge in [0, 0.05) is 17.8 Å². The Hall–Kier alpha value is -2.26. The number of alkyl halides is 2. The molecule has 1 amide bonds. The molecule has 0 bridgehead atoms. The van der Waals surface area contributed by atoms with Crippen LogP contribution >= 0.6 is 27.5 Å². The highest BCUT2D eigenvalue weighted by molar-refractivity contribution is 9.10. The highest BCUT2D eigenvalue weighted by atomic mass is 79.9. The first-order chi connectivity index (χ1) is 13.9. The smallest absolute Gasteiger partial charge is 0.283 e. The van der Waals surface area contributed by atoms with Gasteiger partial charge in [0.25, 0.3) is 6.43 Å². The van der Waals surface area contributed by atoms with E-state index < -0.39 is 12.1 Å².